The molecule has 0 aromatic heterocycles. The van der Waals surface area contributed by atoms with Gasteiger partial charge in [-0.1, -0.05) is 20.8 Å². The predicted molar refractivity (Wildman–Crippen MR) is 87.2 cm³/mol. The highest BCUT2D eigenvalue weighted by Crippen LogP contribution is 2.19. The molecule has 0 aliphatic rings. The quantitative estimate of drug-likeness (QED) is 0.377. The van der Waals surface area contributed by atoms with Crippen molar-refractivity contribution in [3.63, 3.8) is 0 Å². The normalized spacial score (nSPS) is 15.6. The Morgan fingerprint density at radius 1 is 1.33 bits per heavy atom. The number of rotatable bonds is 10. The first-order valence-electron chi connectivity index (χ1n) is 8.06. The van der Waals surface area contributed by atoms with E-state index >= 15 is 0 Å². The standard InChI is InChI=1S/C16H35N3O2/c1-8-16(2,3)15(21)17-10-9-11-18(4)12-14(20)13-19(5,6)7/h14,20H,8-13H2,1-7H3/p+2. The van der Waals surface area contributed by atoms with Gasteiger partial charge in [0.25, 0.3) is 0 Å². The lowest BCUT2D eigenvalue weighted by molar-refractivity contribution is -0.901. The van der Waals surface area contributed by atoms with Crippen molar-refractivity contribution in [3.05, 3.63) is 0 Å². The Hall–Kier alpha value is -0.650. The van der Waals surface area contributed by atoms with Crippen LogP contribution >= 0.6 is 0 Å². The molecule has 126 valence electrons. The molecule has 0 saturated heterocycles. The van der Waals surface area contributed by atoms with Gasteiger partial charge in [0, 0.05) is 18.4 Å². The van der Waals surface area contributed by atoms with Gasteiger partial charge in [0.05, 0.1) is 34.7 Å². The minimum Gasteiger partial charge on any atom is -0.382 e. The van der Waals surface area contributed by atoms with Crippen LogP contribution in [0.25, 0.3) is 0 Å². The summed E-state index contributed by atoms with van der Waals surface area (Å²) in [7, 11) is 8.35. The number of aliphatic hydroxyl groups is 1. The molecule has 5 heteroatoms. The average molecular weight is 303 g/mol. The molecule has 0 bridgehead atoms. The summed E-state index contributed by atoms with van der Waals surface area (Å²) in [6.07, 6.45) is 1.51. The minimum atomic E-state index is -0.279. The van der Waals surface area contributed by atoms with Gasteiger partial charge in [-0.05, 0) is 6.42 Å². The number of quaternary nitrogens is 2. The lowest BCUT2D eigenvalue weighted by Crippen LogP contribution is -3.10. The van der Waals surface area contributed by atoms with E-state index in [2.05, 4.69) is 33.5 Å². The van der Waals surface area contributed by atoms with E-state index in [1.54, 1.807) is 0 Å². The Morgan fingerprint density at radius 2 is 1.90 bits per heavy atom. The number of likely N-dealkylation sites (N-methyl/N-ethyl adjacent to an activating group) is 2. The molecule has 0 rings (SSSR count). The molecule has 0 spiro atoms. The molecule has 2 atom stereocenters. The average Bonchev–Trinajstić information content (AvgIpc) is 2.31. The summed E-state index contributed by atoms with van der Waals surface area (Å²) in [5, 5.41) is 13.0. The van der Waals surface area contributed by atoms with Crippen molar-refractivity contribution in [3.8, 4) is 0 Å². The molecule has 5 nitrogen and oxygen atoms in total. The van der Waals surface area contributed by atoms with E-state index in [1.165, 1.54) is 4.90 Å². The zero-order valence-corrected chi connectivity index (χ0v) is 15.1. The zero-order valence-electron chi connectivity index (χ0n) is 15.1. The number of hydrogen-bond donors (Lipinski definition) is 3. The molecular weight excluding hydrogens is 266 g/mol. The number of nitrogens with zero attached hydrogens (tertiary/aromatic N) is 1. The van der Waals surface area contributed by atoms with E-state index in [0.29, 0.717) is 6.54 Å². The number of carbonyl (C=O) groups excluding carboxylic acids is 1. The third kappa shape index (κ3) is 9.82. The van der Waals surface area contributed by atoms with Gasteiger partial charge in [0.1, 0.15) is 13.1 Å². The lowest BCUT2D eigenvalue weighted by atomic mass is 9.89. The van der Waals surface area contributed by atoms with Gasteiger partial charge in [-0.15, -0.1) is 0 Å². The smallest absolute Gasteiger partial charge is 0.225 e. The lowest BCUT2D eigenvalue weighted by Gasteiger charge is -2.27. The van der Waals surface area contributed by atoms with E-state index in [4.69, 9.17) is 0 Å². The molecule has 3 N–H and O–H groups in total. The molecule has 1 amide bonds. The van der Waals surface area contributed by atoms with Gasteiger partial charge < -0.3 is 19.8 Å². The summed E-state index contributed by atoms with van der Waals surface area (Å²) in [5.74, 6) is 0.132. The third-order valence-electron chi connectivity index (χ3n) is 3.91. The summed E-state index contributed by atoms with van der Waals surface area (Å²) in [6.45, 7) is 9.17. The van der Waals surface area contributed by atoms with Crippen LogP contribution in [0.15, 0.2) is 0 Å². The first-order valence-corrected chi connectivity index (χ1v) is 8.06. The van der Waals surface area contributed by atoms with Crippen molar-refractivity contribution in [2.75, 3.05) is 54.4 Å². The van der Waals surface area contributed by atoms with Crippen molar-refractivity contribution in [2.24, 2.45) is 5.41 Å². The molecule has 0 aliphatic heterocycles. The van der Waals surface area contributed by atoms with Crippen molar-refractivity contribution in [1.82, 2.24) is 5.32 Å². The Morgan fingerprint density at radius 3 is 2.38 bits per heavy atom. The SMILES string of the molecule is CCC(C)(C)C(=O)NCCC[NH+](C)CC(O)C[N+](C)(C)C. The fourth-order valence-electron chi connectivity index (χ4n) is 2.19. The maximum atomic E-state index is 11.9. The second kappa shape index (κ2) is 8.71. The minimum absolute atomic E-state index is 0.132. The van der Waals surface area contributed by atoms with Crippen LogP contribution in [0.1, 0.15) is 33.6 Å². The molecule has 0 aromatic carbocycles. The number of hydrogen-bond acceptors (Lipinski definition) is 2. The highest BCUT2D eigenvalue weighted by atomic mass is 16.3. The maximum Gasteiger partial charge on any atom is 0.225 e. The van der Waals surface area contributed by atoms with E-state index in [1.807, 2.05) is 20.8 Å². The fraction of sp³-hybridized carbons (Fsp3) is 0.938. The largest absolute Gasteiger partial charge is 0.382 e. The second-order valence-electron chi connectivity index (χ2n) is 7.88. The maximum absolute atomic E-state index is 11.9. The van der Waals surface area contributed by atoms with E-state index in [0.717, 1.165) is 37.0 Å². The Bertz CT molecular complexity index is 311. The van der Waals surface area contributed by atoms with Crippen LogP contribution in [0.5, 0.6) is 0 Å². The van der Waals surface area contributed by atoms with Gasteiger partial charge in [-0.2, -0.15) is 0 Å². The Kier molecular flexibility index (Phi) is 8.44. The van der Waals surface area contributed by atoms with Gasteiger partial charge >= 0.3 is 0 Å². The van der Waals surface area contributed by atoms with Crippen molar-refractivity contribution in [2.45, 2.75) is 39.7 Å². The highest BCUT2D eigenvalue weighted by molar-refractivity contribution is 5.81. The Labute approximate surface area is 130 Å². The first-order chi connectivity index (χ1) is 9.48. The van der Waals surface area contributed by atoms with Crippen molar-refractivity contribution in [1.29, 1.82) is 0 Å². The second-order valence-corrected chi connectivity index (χ2v) is 7.88. The summed E-state index contributed by atoms with van der Waals surface area (Å²) in [4.78, 5) is 13.2. The molecule has 0 saturated carbocycles. The van der Waals surface area contributed by atoms with Gasteiger partial charge in [0.2, 0.25) is 5.91 Å². The monoisotopic (exact) mass is 303 g/mol. The molecule has 0 aliphatic carbocycles. The van der Waals surface area contributed by atoms with E-state index < -0.39 is 0 Å². The zero-order chi connectivity index (χ0) is 16.7. The van der Waals surface area contributed by atoms with Gasteiger partial charge in [0.15, 0.2) is 6.10 Å². The summed E-state index contributed by atoms with van der Waals surface area (Å²) in [5.41, 5.74) is -0.278. The predicted octanol–water partition coefficient (Wildman–Crippen LogP) is -0.489. The van der Waals surface area contributed by atoms with E-state index in [-0.39, 0.29) is 17.4 Å². The highest BCUT2D eigenvalue weighted by Gasteiger charge is 2.24. The van der Waals surface area contributed by atoms with E-state index in [9.17, 15) is 9.90 Å². The van der Waals surface area contributed by atoms with Gasteiger partial charge in [-0.25, -0.2) is 0 Å². The van der Waals surface area contributed by atoms with Crippen LogP contribution < -0.4 is 10.2 Å². The molecule has 21 heavy (non-hydrogen) atoms. The van der Waals surface area contributed by atoms with Crippen molar-refractivity contribution < 1.29 is 19.3 Å². The number of amides is 1. The molecule has 2 unspecified atom stereocenters. The van der Waals surface area contributed by atoms with Gasteiger partial charge in [-0.3, -0.25) is 4.79 Å². The van der Waals surface area contributed by atoms with Crippen molar-refractivity contribution >= 4 is 5.91 Å². The third-order valence-corrected chi connectivity index (χ3v) is 3.91. The topological polar surface area (TPSA) is 53.8 Å². The molecule has 0 fully saturated rings. The van der Waals surface area contributed by atoms with Crippen LogP contribution in [-0.4, -0.2) is 76.0 Å². The number of aliphatic hydroxyl groups excluding tert-OH is 1. The first kappa shape index (κ1) is 20.3. The fourth-order valence-corrected chi connectivity index (χ4v) is 2.19. The summed E-state index contributed by atoms with van der Waals surface area (Å²) < 4.78 is 0.774. The molecule has 0 heterocycles. The molecular formula is C16H37N3O2+2. The Balaban J connectivity index is 3.85. The molecule has 0 radical (unpaired) electrons. The number of carbonyl (C=O) groups is 1. The summed E-state index contributed by atoms with van der Waals surface area (Å²) in [6, 6.07) is 0. The number of nitrogens with one attached hydrogen (secondary N) is 2. The van der Waals surface area contributed by atoms with Crippen LogP contribution in [0.3, 0.4) is 0 Å². The van der Waals surface area contributed by atoms with Crippen LogP contribution in [-0.2, 0) is 4.79 Å². The summed E-state index contributed by atoms with van der Waals surface area (Å²) >= 11 is 0. The van der Waals surface area contributed by atoms with Crippen LogP contribution in [0.2, 0.25) is 0 Å². The van der Waals surface area contributed by atoms with Crippen LogP contribution in [0, 0.1) is 5.41 Å². The molecule has 0 aromatic rings. The van der Waals surface area contributed by atoms with Crippen LogP contribution in [0.4, 0.5) is 0 Å².